The number of esters is 1. The Hall–Kier alpha value is -0.610. The smallest absolute Gasteiger partial charge is 0.327 e. The van der Waals surface area contributed by atoms with Gasteiger partial charge in [0, 0.05) is 12.6 Å². The number of nitrogens with one attached hydrogen (secondary N) is 1. The maximum absolute atomic E-state index is 12.2. The molecule has 2 unspecified atom stereocenters. The van der Waals surface area contributed by atoms with Gasteiger partial charge in [-0.25, -0.2) is 0 Å². The Kier molecular flexibility index (Phi) is 7.01. The average Bonchev–Trinajstić information content (AvgIpc) is 2.27. The van der Waals surface area contributed by atoms with Crippen LogP contribution in [0.3, 0.4) is 0 Å². The molecule has 0 bridgehead atoms. The molecular formula is C15H32N2O2. The first-order chi connectivity index (χ1) is 8.58. The molecule has 0 aromatic rings. The monoisotopic (exact) mass is 272 g/mol. The summed E-state index contributed by atoms with van der Waals surface area (Å²) in [6.45, 7) is 16.4. The molecule has 0 aliphatic carbocycles. The fourth-order valence-electron chi connectivity index (χ4n) is 2.17. The molecule has 1 N–H and O–H groups in total. The van der Waals surface area contributed by atoms with E-state index in [1.807, 2.05) is 20.8 Å². The van der Waals surface area contributed by atoms with E-state index >= 15 is 0 Å². The molecule has 4 heteroatoms. The van der Waals surface area contributed by atoms with Crippen LogP contribution in [0.2, 0.25) is 0 Å². The topological polar surface area (TPSA) is 41.6 Å². The number of ether oxygens (including phenoxy) is 1. The van der Waals surface area contributed by atoms with Crippen LogP contribution >= 0.6 is 0 Å². The summed E-state index contributed by atoms with van der Waals surface area (Å²) in [6.07, 6.45) is 0. The van der Waals surface area contributed by atoms with Crippen LogP contribution in [-0.4, -0.2) is 49.2 Å². The number of rotatable bonds is 7. The average molecular weight is 272 g/mol. The molecule has 0 aromatic heterocycles. The van der Waals surface area contributed by atoms with Gasteiger partial charge in [-0.2, -0.15) is 0 Å². The second-order valence-corrected chi connectivity index (χ2v) is 6.54. The lowest BCUT2D eigenvalue weighted by Crippen LogP contribution is -2.59. The molecule has 114 valence electrons. The Morgan fingerprint density at radius 2 is 1.79 bits per heavy atom. The summed E-state index contributed by atoms with van der Waals surface area (Å²) in [5.74, 6) is -0.176. The van der Waals surface area contributed by atoms with Crippen LogP contribution in [0.25, 0.3) is 0 Å². The number of likely N-dealkylation sites (N-methyl/N-ethyl adjacent to an activating group) is 2. The Labute approximate surface area is 118 Å². The Morgan fingerprint density at radius 3 is 2.16 bits per heavy atom. The number of hydrogen-bond donors (Lipinski definition) is 1. The summed E-state index contributed by atoms with van der Waals surface area (Å²) in [5.41, 5.74) is -0.477. The normalized spacial score (nSPS) is 17.1. The second-order valence-electron chi connectivity index (χ2n) is 6.54. The van der Waals surface area contributed by atoms with Crippen LogP contribution in [-0.2, 0) is 9.53 Å². The molecule has 0 radical (unpaired) electrons. The third-order valence-electron chi connectivity index (χ3n) is 3.77. The molecule has 0 aliphatic heterocycles. The second kappa shape index (κ2) is 7.25. The van der Waals surface area contributed by atoms with Gasteiger partial charge in [-0.1, -0.05) is 27.7 Å². The lowest BCUT2D eigenvalue weighted by atomic mass is 9.86. The Morgan fingerprint density at radius 1 is 1.26 bits per heavy atom. The van der Waals surface area contributed by atoms with E-state index in [0.29, 0.717) is 19.2 Å². The van der Waals surface area contributed by atoms with E-state index in [2.05, 4.69) is 45.0 Å². The zero-order chi connectivity index (χ0) is 15.3. The lowest BCUT2D eigenvalue weighted by Gasteiger charge is -2.40. The third kappa shape index (κ3) is 5.49. The first-order valence-corrected chi connectivity index (χ1v) is 7.21. The van der Waals surface area contributed by atoms with Crippen molar-refractivity contribution < 1.29 is 9.53 Å². The van der Waals surface area contributed by atoms with Crippen molar-refractivity contribution in [3.63, 3.8) is 0 Å². The summed E-state index contributed by atoms with van der Waals surface area (Å²) in [7, 11) is 2.06. The summed E-state index contributed by atoms with van der Waals surface area (Å²) in [4.78, 5) is 14.4. The number of nitrogens with zero attached hydrogens (tertiary/aromatic N) is 1. The molecule has 0 aromatic carbocycles. The van der Waals surface area contributed by atoms with Crippen LogP contribution in [0.4, 0.5) is 0 Å². The van der Waals surface area contributed by atoms with Crippen molar-refractivity contribution in [2.24, 2.45) is 5.41 Å². The van der Waals surface area contributed by atoms with Gasteiger partial charge >= 0.3 is 5.97 Å². The molecule has 0 saturated carbocycles. The van der Waals surface area contributed by atoms with E-state index in [1.54, 1.807) is 0 Å². The van der Waals surface area contributed by atoms with Gasteiger partial charge in [-0.15, -0.1) is 0 Å². The first-order valence-electron chi connectivity index (χ1n) is 7.21. The molecule has 0 amide bonds. The summed E-state index contributed by atoms with van der Waals surface area (Å²) >= 11 is 0. The van der Waals surface area contributed by atoms with Gasteiger partial charge in [0.05, 0.1) is 6.61 Å². The molecule has 0 aliphatic rings. The van der Waals surface area contributed by atoms with Gasteiger partial charge in [0.15, 0.2) is 0 Å². The predicted molar refractivity (Wildman–Crippen MR) is 80.3 cm³/mol. The van der Waals surface area contributed by atoms with Gasteiger partial charge in [0.1, 0.15) is 5.54 Å². The van der Waals surface area contributed by atoms with E-state index in [4.69, 9.17) is 4.74 Å². The van der Waals surface area contributed by atoms with Crippen molar-refractivity contribution in [2.75, 3.05) is 26.7 Å². The Balaban J connectivity index is 4.88. The summed E-state index contributed by atoms with van der Waals surface area (Å²) in [5, 5.41) is 3.26. The van der Waals surface area contributed by atoms with Crippen LogP contribution in [0.1, 0.15) is 48.5 Å². The molecule has 2 atom stereocenters. The standard InChI is InChI=1S/C15H32N2O2/c1-9-16-15(7,13(18)19-10-2)11-17(8)12(3)14(4,5)6/h12,16H,9-11H2,1-8H3. The zero-order valence-corrected chi connectivity index (χ0v) is 14.0. The van der Waals surface area contributed by atoms with Gasteiger partial charge in [-0.05, 0) is 39.8 Å². The first kappa shape index (κ1) is 18.4. The van der Waals surface area contributed by atoms with Gasteiger partial charge in [0.25, 0.3) is 0 Å². The van der Waals surface area contributed by atoms with Crippen LogP contribution < -0.4 is 5.32 Å². The SMILES string of the molecule is CCNC(C)(CN(C)C(C)C(C)(C)C)C(=O)OCC. The fourth-order valence-corrected chi connectivity index (χ4v) is 2.17. The van der Waals surface area contributed by atoms with E-state index in [9.17, 15) is 4.79 Å². The highest BCUT2D eigenvalue weighted by Crippen LogP contribution is 2.24. The molecule has 0 saturated heterocycles. The van der Waals surface area contributed by atoms with Gasteiger partial charge in [0.2, 0.25) is 0 Å². The summed E-state index contributed by atoms with van der Waals surface area (Å²) in [6, 6.07) is 0.375. The molecule has 0 rings (SSSR count). The minimum absolute atomic E-state index is 0.176. The predicted octanol–water partition coefficient (Wildman–Crippen LogP) is 2.28. The van der Waals surface area contributed by atoms with Crippen molar-refractivity contribution in [1.29, 1.82) is 0 Å². The van der Waals surface area contributed by atoms with Crippen LogP contribution in [0.15, 0.2) is 0 Å². The summed E-state index contributed by atoms with van der Waals surface area (Å²) < 4.78 is 5.20. The molecule has 19 heavy (non-hydrogen) atoms. The molecular weight excluding hydrogens is 240 g/mol. The van der Waals surface area contributed by atoms with E-state index in [0.717, 1.165) is 6.54 Å². The molecule has 0 spiro atoms. The van der Waals surface area contributed by atoms with Crippen molar-refractivity contribution in [1.82, 2.24) is 10.2 Å². The minimum Gasteiger partial charge on any atom is -0.465 e. The quantitative estimate of drug-likeness (QED) is 0.722. The van der Waals surface area contributed by atoms with Crippen molar-refractivity contribution in [3.05, 3.63) is 0 Å². The van der Waals surface area contributed by atoms with Crippen molar-refractivity contribution >= 4 is 5.97 Å². The highest BCUT2D eigenvalue weighted by Gasteiger charge is 2.37. The van der Waals surface area contributed by atoms with Crippen LogP contribution in [0.5, 0.6) is 0 Å². The number of carbonyl (C=O) groups is 1. The number of carbonyl (C=O) groups excluding carboxylic acids is 1. The molecule has 0 heterocycles. The fraction of sp³-hybridized carbons (Fsp3) is 0.933. The zero-order valence-electron chi connectivity index (χ0n) is 14.0. The van der Waals surface area contributed by atoms with Gasteiger partial charge in [-0.3, -0.25) is 4.79 Å². The van der Waals surface area contributed by atoms with Crippen molar-refractivity contribution in [3.8, 4) is 0 Å². The maximum Gasteiger partial charge on any atom is 0.327 e. The van der Waals surface area contributed by atoms with E-state index in [1.165, 1.54) is 0 Å². The van der Waals surface area contributed by atoms with E-state index in [-0.39, 0.29) is 11.4 Å². The highest BCUT2D eigenvalue weighted by molar-refractivity contribution is 5.80. The maximum atomic E-state index is 12.2. The largest absolute Gasteiger partial charge is 0.465 e. The van der Waals surface area contributed by atoms with Crippen molar-refractivity contribution in [2.45, 2.75) is 60.0 Å². The van der Waals surface area contributed by atoms with E-state index < -0.39 is 5.54 Å². The highest BCUT2D eigenvalue weighted by atomic mass is 16.5. The van der Waals surface area contributed by atoms with Gasteiger partial charge < -0.3 is 15.0 Å². The third-order valence-corrected chi connectivity index (χ3v) is 3.77. The lowest BCUT2D eigenvalue weighted by molar-refractivity contribution is -0.151. The van der Waals surface area contributed by atoms with Crippen LogP contribution in [0, 0.1) is 5.41 Å². The number of hydrogen-bond acceptors (Lipinski definition) is 4. The molecule has 4 nitrogen and oxygen atoms in total. The minimum atomic E-state index is -0.654. The Bertz CT molecular complexity index is 286. The molecule has 0 fully saturated rings.